The standard InChI is InChI=1S/C26H32N2.C7H17N.C2H2/c1-8-25(18-15-20(3)4)22(6)27-23(7)28-26(9-2)19-21(5)16-17-24-13-11-10-12-14-24;1-4-6-8(3)7-5-2;1-2/h1,9-15,18-19,27-28H,6-7,16-17H2,2-5H3;4-7H2,1-3H3;1-2H/b21-19+,25-18+,26-9+;;. The lowest BCUT2D eigenvalue weighted by atomic mass is 10.0. The maximum Gasteiger partial charge on any atom is 0.100 e. The van der Waals surface area contributed by atoms with Gasteiger partial charge in [-0.1, -0.05) is 86.6 Å². The molecule has 1 rings (SSSR count). The van der Waals surface area contributed by atoms with Crippen LogP contribution in [0, 0.1) is 25.2 Å². The van der Waals surface area contributed by atoms with Crippen molar-refractivity contribution in [2.24, 2.45) is 0 Å². The van der Waals surface area contributed by atoms with Crippen LogP contribution in [0.3, 0.4) is 0 Å². The third kappa shape index (κ3) is 19.5. The van der Waals surface area contributed by atoms with Gasteiger partial charge < -0.3 is 15.5 Å². The van der Waals surface area contributed by atoms with E-state index in [1.165, 1.54) is 42.6 Å². The van der Waals surface area contributed by atoms with E-state index in [0.29, 0.717) is 17.1 Å². The zero-order valence-corrected chi connectivity index (χ0v) is 25.0. The summed E-state index contributed by atoms with van der Waals surface area (Å²) in [5.74, 6) is 3.28. The van der Waals surface area contributed by atoms with Gasteiger partial charge in [0.1, 0.15) is 5.82 Å². The van der Waals surface area contributed by atoms with Gasteiger partial charge in [-0.3, -0.25) is 0 Å². The van der Waals surface area contributed by atoms with Gasteiger partial charge in [-0.25, -0.2) is 0 Å². The van der Waals surface area contributed by atoms with Crippen molar-refractivity contribution in [2.75, 3.05) is 20.1 Å². The number of nitrogens with zero attached hydrogens (tertiary/aromatic N) is 1. The summed E-state index contributed by atoms with van der Waals surface area (Å²) in [4.78, 5) is 2.36. The smallest absolute Gasteiger partial charge is 0.100 e. The van der Waals surface area contributed by atoms with Crippen LogP contribution < -0.4 is 10.6 Å². The molecule has 38 heavy (non-hydrogen) atoms. The molecule has 0 aliphatic rings. The molecule has 0 atom stereocenters. The molecule has 0 saturated carbocycles. The van der Waals surface area contributed by atoms with Gasteiger partial charge in [-0.2, -0.15) is 0 Å². The minimum absolute atomic E-state index is 0.628. The van der Waals surface area contributed by atoms with E-state index in [1.807, 2.05) is 45.1 Å². The van der Waals surface area contributed by atoms with Gasteiger partial charge in [0.2, 0.25) is 0 Å². The van der Waals surface area contributed by atoms with Crippen LogP contribution >= 0.6 is 0 Å². The van der Waals surface area contributed by atoms with Crippen LogP contribution in [-0.4, -0.2) is 25.0 Å². The molecule has 0 spiro atoms. The predicted molar refractivity (Wildman–Crippen MR) is 171 cm³/mol. The van der Waals surface area contributed by atoms with Crippen molar-refractivity contribution in [3.05, 3.63) is 107 Å². The van der Waals surface area contributed by atoms with Crippen molar-refractivity contribution < 1.29 is 0 Å². The Balaban J connectivity index is 0. The molecular formula is C35H51N3. The first-order valence-electron chi connectivity index (χ1n) is 13.3. The van der Waals surface area contributed by atoms with Crippen LogP contribution in [-0.2, 0) is 6.42 Å². The second-order valence-electron chi connectivity index (χ2n) is 9.20. The number of hydrogen-bond acceptors (Lipinski definition) is 3. The average molecular weight is 514 g/mol. The van der Waals surface area contributed by atoms with Gasteiger partial charge in [0, 0.05) is 17.0 Å². The summed E-state index contributed by atoms with van der Waals surface area (Å²) in [5.41, 5.74) is 6.12. The van der Waals surface area contributed by atoms with E-state index in [1.54, 1.807) is 0 Å². The second kappa shape index (κ2) is 23.7. The van der Waals surface area contributed by atoms with Crippen molar-refractivity contribution in [1.82, 2.24) is 15.5 Å². The Morgan fingerprint density at radius 2 is 1.55 bits per heavy atom. The lowest BCUT2D eigenvalue weighted by Gasteiger charge is -2.15. The Hall–Kier alpha value is -3.66. The minimum Gasteiger partial charge on any atom is -0.343 e. The van der Waals surface area contributed by atoms with Gasteiger partial charge in [0.25, 0.3) is 0 Å². The van der Waals surface area contributed by atoms with Crippen LogP contribution in [0.2, 0.25) is 0 Å². The van der Waals surface area contributed by atoms with Gasteiger partial charge in [0.15, 0.2) is 0 Å². The first-order valence-corrected chi connectivity index (χ1v) is 13.3. The van der Waals surface area contributed by atoms with E-state index < -0.39 is 0 Å². The fraction of sp³-hybridized carbons (Fsp3) is 0.371. The highest BCUT2D eigenvalue weighted by Gasteiger charge is 2.03. The van der Waals surface area contributed by atoms with Crippen LogP contribution in [0.1, 0.15) is 66.4 Å². The number of allylic oxidation sites excluding steroid dienone is 7. The maximum atomic E-state index is 5.59. The van der Waals surface area contributed by atoms with Gasteiger partial charge in [-0.15, -0.1) is 19.3 Å². The molecule has 0 amide bonds. The molecule has 1 aromatic carbocycles. The molecular weight excluding hydrogens is 462 g/mol. The summed E-state index contributed by atoms with van der Waals surface area (Å²) in [6.45, 7) is 23.1. The largest absolute Gasteiger partial charge is 0.343 e. The second-order valence-corrected chi connectivity index (χ2v) is 9.20. The fourth-order valence-corrected chi connectivity index (χ4v) is 3.33. The molecule has 0 heterocycles. The first kappa shape index (κ1) is 36.5. The third-order valence-corrected chi connectivity index (χ3v) is 5.24. The van der Waals surface area contributed by atoms with E-state index in [2.05, 4.69) is 106 Å². The molecule has 0 aromatic heterocycles. The Kier molecular flexibility index (Phi) is 22.8. The predicted octanol–water partition coefficient (Wildman–Crippen LogP) is 8.15. The lowest BCUT2D eigenvalue weighted by molar-refractivity contribution is 0.335. The Morgan fingerprint density at radius 3 is 2.03 bits per heavy atom. The molecule has 0 radical (unpaired) electrons. The summed E-state index contributed by atoms with van der Waals surface area (Å²) in [5, 5.41) is 6.42. The minimum atomic E-state index is 0.628. The number of benzene rings is 1. The zero-order chi connectivity index (χ0) is 29.3. The first-order chi connectivity index (χ1) is 18.2. The molecule has 1 aromatic rings. The molecule has 3 nitrogen and oxygen atoms in total. The summed E-state index contributed by atoms with van der Waals surface area (Å²) >= 11 is 0. The van der Waals surface area contributed by atoms with Gasteiger partial charge in [0.05, 0.1) is 0 Å². The van der Waals surface area contributed by atoms with Gasteiger partial charge >= 0.3 is 0 Å². The summed E-state index contributed by atoms with van der Waals surface area (Å²) in [6.07, 6.45) is 26.2. The summed E-state index contributed by atoms with van der Waals surface area (Å²) < 4.78 is 0. The normalized spacial score (nSPS) is 11.1. The summed E-state index contributed by atoms with van der Waals surface area (Å²) in [7, 11) is 2.17. The molecule has 0 fully saturated rings. The van der Waals surface area contributed by atoms with Gasteiger partial charge in [-0.05, 0) is 91.2 Å². The lowest BCUT2D eigenvalue weighted by Crippen LogP contribution is -2.24. The van der Waals surface area contributed by atoms with E-state index in [4.69, 9.17) is 6.42 Å². The maximum absolute atomic E-state index is 5.59. The molecule has 0 aliphatic heterocycles. The number of hydrogen-bond donors (Lipinski definition) is 2. The number of aryl methyl sites for hydroxylation is 1. The fourth-order valence-electron chi connectivity index (χ4n) is 3.33. The Labute approximate surface area is 235 Å². The Bertz CT molecular complexity index is 985. The van der Waals surface area contributed by atoms with Crippen molar-refractivity contribution in [1.29, 1.82) is 0 Å². The number of rotatable bonds is 14. The van der Waals surface area contributed by atoms with Crippen molar-refractivity contribution in [2.45, 2.75) is 67.2 Å². The average Bonchev–Trinajstić information content (AvgIpc) is 2.89. The van der Waals surface area contributed by atoms with E-state index >= 15 is 0 Å². The Morgan fingerprint density at radius 1 is 0.974 bits per heavy atom. The number of terminal acetylenes is 2. The summed E-state index contributed by atoms with van der Waals surface area (Å²) in [6, 6.07) is 10.5. The van der Waals surface area contributed by atoms with Crippen molar-refractivity contribution in [3.8, 4) is 25.2 Å². The highest BCUT2D eigenvalue weighted by atomic mass is 15.1. The highest BCUT2D eigenvalue weighted by molar-refractivity contribution is 5.45. The van der Waals surface area contributed by atoms with Crippen molar-refractivity contribution in [3.63, 3.8) is 0 Å². The van der Waals surface area contributed by atoms with Crippen LogP contribution in [0.4, 0.5) is 0 Å². The van der Waals surface area contributed by atoms with Crippen LogP contribution in [0.15, 0.2) is 102 Å². The van der Waals surface area contributed by atoms with E-state index in [9.17, 15) is 0 Å². The molecule has 2 N–H and O–H groups in total. The van der Waals surface area contributed by atoms with E-state index in [0.717, 1.165) is 18.5 Å². The molecule has 3 heteroatoms. The highest BCUT2D eigenvalue weighted by Crippen LogP contribution is 2.12. The van der Waals surface area contributed by atoms with Crippen molar-refractivity contribution >= 4 is 0 Å². The molecule has 0 aliphatic carbocycles. The van der Waals surface area contributed by atoms with Crippen LogP contribution in [0.5, 0.6) is 0 Å². The third-order valence-electron chi connectivity index (χ3n) is 5.24. The SMILES string of the molecule is C#C.C#C/C(=C\C=C(C)C)C(=C)NC(=C)NC(/C=C(\C)CCc1ccccc1)=C/C.CCCN(C)CCC. The molecule has 206 valence electrons. The van der Waals surface area contributed by atoms with Crippen LogP contribution in [0.25, 0.3) is 0 Å². The van der Waals surface area contributed by atoms with E-state index in [-0.39, 0.29) is 0 Å². The molecule has 0 saturated heterocycles. The zero-order valence-electron chi connectivity index (χ0n) is 25.0. The number of nitrogens with one attached hydrogen (secondary N) is 2. The quantitative estimate of drug-likeness (QED) is 0.194. The topological polar surface area (TPSA) is 27.3 Å². The molecule has 0 unspecified atom stereocenters. The monoisotopic (exact) mass is 513 g/mol. The molecule has 0 bridgehead atoms.